The number of hydrogen-bond donors (Lipinski definition) is 3. The van der Waals surface area contributed by atoms with Crippen molar-refractivity contribution in [2.45, 2.75) is 33.3 Å². The van der Waals surface area contributed by atoms with Crippen LogP contribution in [0.15, 0.2) is 24.3 Å². The number of methoxy groups -OCH3 is 1. The van der Waals surface area contributed by atoms with E-state index >= 15 is 0 Å². The minimum atomic E-state index is -0.596. The third-order valence-corrected chi connectivity index (χ3v) is 3.79. The fraction of sp³-hybridized carbons (Fsp3) is 0.421. The summed E-state index contributed by atoms with van der Waals surface area (Å²) in [6.45, 7) is 3.63. The number of nitrogens with one attached hydrogen (secondary N) is 2. The van der Waals surface area contributed by atoms with E-state index in [1.165, 1.54) is 0 Å². The Balaban J connectivity index is 1.89. The summed E-state index contributed by atoms with van der Waals surface area (Å²) in [5.74, 6) is 0.577. The number of benzene rings is 1. The smallest absolute Gasteiger partial charge is 0.325 e. The van der Waals surface area contributed by atoms with Crippen molar-refractivity contribution in [3.8, 4) is 5.75 Å². The summed E-state index contributed by atoms with van der Waals surface area (Å²) in [7, 11) is 1.55. The van der Waals surface area contributed by atoms with E-state index in [9.17, 15) is 9.59 Å². The number of aromatic nitrogens is 3. The highest BCUT2D eigenvalue weighted by molar-refractivity contribution is 5.81. The molecule has 4 N–H and O–H groups in total. The zero-order valence-electron chi connectivity index (χ0n) is 16.8. The van der Waals surface area contributed by atoms with E-state index in [2.05, 4.69) is 25.6 Å². The lowest BCUT2D eigenvalue weighted by molar-refractivity contribution is -0.145. The molecule has 0 spiro atoms. The summed E-state index contributed by atoms with van der Waals surface area (Å²) in [5.41, 5.74) is 6.36. The Hall–Kier alpha value is -3.43. The largest absolute Gasteiger partial charge is 0.495 e. The Bertz CT molecular complexity index is 843. The van der Waals surface area contributed by atoms with Gasteiger partial charge < -0.3 is 25.8 Å². The summed E-state index contributed by atoms with van der Waals surface area (Å²) in [6.07, 6.45) is 1.12. The molecule has 0 fully saturated rings. The van der Waals surface area contributed by atoms with Crippen molar-refractivity contribution in [2.24, 2.45) is 5.92 Å². The number of para-hydroxylation sites is 2. The number of carbonyl (C=O) groups is 2. The highest BCUT2D eigenvalue weighted by Gasteiger charge is 2.11. The molecule has 29 heavy (non-hydrogen) atoms. The average Bonchev–Trinajstić information content (AvgIpc) is 2.69. The fourth-order valence-corrected chi connectivity index (χ4v) is 2.30. The van der Waals surface area contributed by atoms with Gasteiger partial charge in [0.1, 0.15) is 12.3 Å². The monoisotopic (exact) mass is 402 g/mol. The van der Waals surface area contributed by atoms with E-state index in [0.717, 1.165) is 6.42 Å². The van der Waals surface area contributed by atoms with Crippen molar-refractivity contribution in [2.75, 3.05) is 24.7 Å². The first kappa shape index (κ1) is 21.9. The molecule has 0 saturated heterocycles. The lowest BCUT2D eigenvalue weighted by atomic mass is 10.1. The predicted molar refractivity (Wildman–Crippen MR) is 107 cm³/mol. The van der Waals surface area contributed by atoms with Gasteiger partial charge in [0.25, 0.3) is 0 Å². The molecule has 0 unspecified atom stereocenters. The van der Waals surface area contributed by atoms with Crippen LogP contribution in [-0.4, -0.2) is 40.5 Å². The van der Waals surface area contributed by atoms with Crippen LogP contribution in [0.25, 0.3) is 0 Å². The molecule has 2 rings (SSSR count). The van der Waals surface area contributed by atoms with Gasteiger partial charge in [0.15, 0.2) is 12.4 Å². The highest BCUT2D eigenvalue weighted by Crippen LogP contribution is 2.25. The van der Waals surface area contributed by atoms with Crippen LogP contribution in [0.3, 0.4) is 0 Å². The fourth-order valence-electron chi connectivity index (χ4n) is 2.30. The number of hydrogen-bond acceptors (Lipinski definition) is 9. The van der Waals surface area contributed by atoms with E-state index in [1.807, 2.05) is 26.0 Å². The van der Waals surface area contributed by atoms with E-state index in [0.29, 0.717) is 23.8 Å². The Kier molecular flexibility index (Phi) is 8.13. The average molecular weight is 402 g/mol. The number of anilines is 3. The SMILES string of the molecule is COc1ccccc1Nc1nc(N)nc(COC(=O)CNC(=O)CCC(C)C)n1. The van der Waals surface area contributed by atoms with Crippen LogP contribution in [-0.2, 0) is 20.9 Å². The predicted octanol–water partition coefficient (Wildman–Crippen LogP) is 1.80. The standard InChI is InChI=1S/C19H26N6O4/c1-12(2)8-9-16(26)21-10-17(27)29-11-15-23-18(20)25-19(24-15)22-13-6-4-5-7-14(13)28-3/h4-7,12H,8-11H2,1-3H3,(H,21,26)(H3,20,22,23,24,25). The maximum Gasteiger partial charge on any atom is 0.325 e. The van der Waals surface area contributed by atoms with E-state index in [-0.39, 0.29) is 36.8 Å². The van der Waals surface area contributed by atoms with Crippen molar-refractivity contribution in [3.05, 3.63) is 30.1 Å². The Labute approximate surface area is 169 Å². The van der Waals surface area contributed by atoms with Gasteiger partial charge in [-0.25, -0.2) is 0 Å². The maximum atomic E-state index is 11.8. The Morgan fingerprint density at radius 1 is 1.17 bits per heavy atom. The second kappa shape index (κ2) is 10.8. The van der Waals surface area contributed by atoms with Gasteiger partial charge in [-0.2, -0.15) is 15.0 Å². The van der Waals surface area contributed by atoms with E-state index in [4.69, 9.17) is 15.2 Å². The number of carbonyl (C=O) groups excluding carboxylic acids is 2. The van der Waals surface area contributed by atoms with Crippen molar-refractivity contribution >= 4 is 29.5 Å². The van der Waals surface area contributed by atoms with Crippen LogP contribution in [0.1, 0.15) is 32.5 Å². The number of esters is 1. The second-order valence-electron chi connectivity index (χ2n) is 6.63. The van der Waals surface area contributed by atoms with Crippen LogP contribution in [0, 0.1) is 5.92 Å². The molecule has 0 saturated carbocycles. The summed E-state index contributed by atoms with van der Waals surface area (Å²) < 4.78 is 10.4. The van der Waals surface area contributed by atoms with Gasteiger partial charge in [0.05, 0.1) is 12.8 Å². The first-order valence-corrected chi connectivity index (χ1v) is 9.20. The molecule has 0 atom stereocenters. The van der Waals surface area contributed by atoms with Crippen molar-refractivity contribution in [1.82, 2.24) is 20.3 Å². The van der Waals surface area contributed by atoms with Gasteiger partial charge in [-0.05, 0) is 24.5 Å². The first-order chi connectivity index (χ1) is 13.9. The Morgan fingerprint density at radius 3 is 2.66 bits per heavy atom. The Morgan fingerprint density at radius 2 is 1.93 bits per heavy atom. The molecule has 1 aromatic carbocycles. The minimum Gasteiger partial charge on any atom is -0.495 e. The molecule has 0 aliphatic heterocycles. The molecule has 0 aliphatic carbocycles. The van der Waals surface area contributed by atoms with Crippen LogP contribution < -0.4 is 21.1 Å². The van der Waals surface area contributed by atoms with Gasteiger partial charge in [0.2, 0.25) is 17.8 Å². The van der Waals surface area contributed by atoms with Gasteiger partial charge in [0, 0.05) is 6.42 Å². The van der Waals surface area contributed by atoms with E-state index < -0.39 is 5.97 Å². The molecule has 10 nitrogen and oxygen atoms in total. The third kappa shape index (κ3) is 7.60. The molecule has 0 aliphatic rings. The zero-order valence-corrected chi connectivity index (χ0v) is 16.8. The van der Waals surface area contributed by atoms with Crippen LogP contribution in [0.5, 0.6) is 5.75 Å². The molecule has 0 radical (unpaired) electrons. The molecule has 1 aromatic heterocycles. The molecule has 0 bridgehead atoms. The number of nitrogens with zero attached hydrogens (tertiary/aromatic N) is 3. The topological polar surface area (TPSA) is 141 Å². The van der Waals surface area contributed by atoms with Crippen molar-refractivity contribution < 1.29 is 19.1 Å². The number of amides is 1. The number of rotatable bonds is 10. The van der Waals surface area contributed by atoms with Gasteiger partial charge in [-0.15, -0.1) is 0 Å². The zero-order chi connectivity index (χ0) is 21.2. The van der Waals surface area contributed by atoms with Crippen LogP contribution in [0.2, 0.25) is 0 Å². The number of ether oxygens (including phenoxy) is 2. The van der Waals surface area contributed by atoms with Crippen LogP contribution >= 0.6 is 0 Å². The van der Waals surface area contributed by atoms with Gasteiger partial charge >= 0.3 is 5.97 Å². The molecule has 10 heteroatoms. The molecular weight excluding hydrogens is 376 g/mol. The number of nitrogens with two attached hydrogens (primary N) is 1. The lowest BCUT2D eigenvalue weighted by Gasteiger charge is -2.11. The third-order valence-electron chi connectivity index (χ3n) is 3.79. The molecule has 1 heterocycles. The normalized spacial score (nSPS) is 10.5. The molecule has 156 valence electrons. The van der Waals surface area contributed by atoms with Gasteiger partial charge in [-0.1, -0.05) is 26.0 Å². The summed E-state index contributed by atoms with van der Waals surface area (Å²) in [4.78, 5) is 35.6. The molecule has 2 aromatic rings. The molecular formula is C19H26N6O4. The second-order valence-corrected chi connectivity index (χ2v) is 6.63. The molecule has 1 amide bonds. The maximum absolute atomic E-state index is 11.8. The first-order valence-electron chi connectivity index (χ1n) is 9.20. The van der Waals surface area contributed by atoms with Crippen molar-refractivity contribution in [1.29, 1.82) is 0 Å². The van der Waals surface area contributed by atoms with Crippen molar-refractivity contribution in [3.63, 3.8) is 0 Å². The van der Waals surface area contributed by atoms with E-state index in [1.54, 1.807) is 19.2 Å². The summed E-state index contributed by atoms with van der Waals surface area (Å²) >= 11 is 0. The highest BCUT2D eigenvalue weighted by atomic mass is 16.5. The minimum absolute atomic E-state index is 0.0227. The summed E-state index contributed by atoms with van der Waals surface area (Å²) in [5, 5.41) is 5.52. The van der Waals surface area contributed by atoms with Gasteiger partial charge in [-0.3, -0.25) is 9.59 Å². The summed E-state index contributed by atoms with van der Waals surface area (Å²) in [6, 6.07) is 7.23. The number of nitrogen functional groups attached to an aromatic ring is 1. The van der Waals surface area contributed by atoms with Crippen LogP contribution in [0.4, 0.5) is 17.6 Å². The quantitative estimate of drug-likeness (QED) is 0.507. The lowest BCUT2D eigenvalue weighted by Crippen LogP contribution is -2.30.